The first kappa shape index (κ1) is 40.8. The predicted octanol–water partition coefficient (Wildman–Crippen LogP) is 8.82. The number of carbonyl (C=O) groups is 2. The molecule has 0 bridgehead atoms. The minimum absolute atomic E-state index is 0.0110. The lowest BCUT2D eigenvalue weighted by Crippen LogP contribution is -2.41. The highest BCUT2D eigenvalue weighted by molar-refractivity contribution is 7.09. The zero-order chi connectivity index (χ0) is 40.7. The molecule has 57 heavy (non-hydrogen) atoms. The van der Waals surface area contributed by atoms with Gasteiger partial charge in [0.15, 0.2) is 0 Å². The minimum atomic E-state index is -4.60. The second-order valence-corrected chi connectivity index (χ2v) is 17.0. The van der Waals surface area contributed by atoms with Crippen molar-refractivity contribution in [2.24, 2.45) is 11.8 Å². The van der Waals surface area contributed by atoms with Gasteiger partial charge in [0.05, 0.1) is 5.56 Å². The van der Waals surface area contributed by atoms with Gasteiger partial charge in [-0.15, -0.1) is 0 Å². The van der Waals surface area contributed by atoms with Crippen molar-refractivity contribution in [1.29, 1.82) is 0 Å². The van der Waals surface area contributed by atoms with E-state index in [9.17, 15) is 27.9 Å². The number of hydrogen-bond acceptors (Lipinski definition) is 10. The summed E-state index contributed by atoms with van der Waals surface area (Å²) in [4.78, 5) is 41.9. The maximum absolute atomic E-state index is 15.3. The Morgan fingerprint density at radius 2 is 1.84 bits per heavy atom. The summed E-state index contributed by atoms with van der Waals surface area (Å²) in [6, 6.07) is 4.28. The van der Waals surface area contributed by atoms with Crippen LogP contribution in [0.1, 0.15) is 119 Å². The average molecular weight is 818 g/mol. The third-order valence-electron chi connectivity index (χ3n) is 11.9. The van der Waals surface area contributed by atoms with Crippen LogP contribution in [0.3, 0.4) is 0 Å². The van der Waals surface area contributed by atoms with Crippen LogP contribution in [0.5, 0.6) is 5.75 Å². The minimum Gasteiger partial charge on any atom is -0.490 e. The first-order chi connectivity index (χ1) is 27.0. The van der Waals surface area contributed by atoms with Crippen LogP contribution in [0.2, 0.25) is 0 Å². The number of fused-ring (bicyclic) bond motifs is 2. The van der Waals surface area contributed by atoms with E-state index in [1.807, 2.05) is 23.1 Å². The Hall–Kier alpha value is -4.41. The van der Waals surface area contributed by atoms with Crippen molar-refractivity contribution in [3.05, 3.63) is 58.7 Å². The van der Waals surface area contributed by atoms with Gasteiger partial charge in [-0.3, -0.25) is 4.79 Å². The largest absolute Gasteiger partial charge is 0.490 e. The maximum atomic E-state index is 15.3. The highest BCUT2D eigenvalue weighted by Crippen LogP contribution is 2.52. The second kappa shape index (κ2) is 16.1. The number of carbonyl (C=O) groups excluding carboxylic acids is 1. The van der Waals surface area contributed by atoms with Crippen molar-refractivity contribution in [1.82, 2.24) is 24.6 Å². The number of aromatic nitrogens is 4. The molecule has 3 unspecified atom stereocenters. The lowest BCUT2D eigenvalue weighted by molar-refractivity contribution is -0.144. The molecule has 4 aliphatic rings. The summed E-state index contributed by atoms with van der Waals surface area (Å²) in [5.74, 6) is -5.54. The van der Waals surface area contributed by atoms with Crippen LogP contribution < -0.4 is 19.9 Å². The zero-order valence-electron chi connectivity index (χ0n) is 32.2. The number of hydrogen-bond donors (Lipinski definition) is 2. The summed E-state index contributed by atoms with van der Waals surface area (Å²) in [6.07, 6.45) is 7.17. The third-order valence-corrected chi connectivity index (χ3v) is 12.7. The molecule has 2 N–H and O–H groups in total. The lowest BCUT2D eigenvalue weighted by atomic mass is 9.71. The molecule has 1 amide bonds. The van der Waals surface area contributed by atoms with Crippen LogP contribution in [0.15, 0.2) is 36.0 Å². The highest BCUT2D eigenvalue weighted by Gasteiger charge is 2.46. The van der Waals surface area contributed by atoms with Crippen LogP contribution >= 0.6 is 11.5 Å². The van der Waals surface area contributed by atoms with Crippen LogP contribution in [0.4, 0.5) is 38.7 Å². The van der Waals surface area contributed by atoms with Crippen molar-refractivity contribution in [2.45, 2.75) is 121 Å². The Labute approximate surface area is 332 Å². The van der Waals surface area contributed by atoms with Crippen LogP contribution in [-0.4, -0.2) is 68.1 Å². The number of alkyl halides is 5. The van der Waals surface area contributed by atoms with E-state index in [1.165, 1.54) is 0 Å². The van der Waals surface area contributed by atoms with Gasteiger partial charge in [-0.05, 0) is 67.7 Å². The molecule has 11 nitrogen and oxygen atoms in total. The van der Waals surface area contributed by atoms with Gasteiger partial charge in [0.1, 0.15) is 23.6 Å². The Kier molecular flexibility index (Phi) is 11.5. The van der Waals surface area contributed by atoms with Gasteiger partial charge in [0.2, 0.25) is 16.9 Å². The topological polar surface area (TPSA) is 134 Å². The Morgan fingerprint density at radius 1 is 1.11 bits per heavy atom. The summed E-state index contributed by atoms with van der Waals surface area (Å²) in [5, 5.41) is 12.7. The van der Waals surface area contributed by atoms with E-state index in [2.05, 4.69) is 38.5 Å². The van der Waals surface area contributed by atoms with Gasteiger partial charge < -0.3 is 25.0 Å². The summed E-state index contributed by atoms with van der Waals surface area (Å²) in [7, 11) is 0. The molecule has 1 saturated heterocycles. The first-order valence-corrected chi connectivity index (χ1v) is 20.5. The summed E-state index contributed by atoms with van der Waals surface area (Å²) < 4.78 is 79.7. The van der Waals surface area contributed by atoms with Gasteiger partial charge in [-0.2, -0.15) is 31.3 Å². The number of piperidine rings is 1. The van der Waals surface area contributed by atoms with E-state index in [0.717, 1.165) is 85.9 Å². The smallest absolute Gasteiger partial charge is 0.452 e. The molecular weight excluding hydrogens is 770 g/mol. The summed E-state index contributed by atoms with van der Waals surface area (Å²) >= 11 is 0.730. The molecule has 2 aromatic heterocycles. The highest BCUT2D eigenvalue weighted by atomic mass is 32.1. The van der Waals surface area contributed by atoms with E-state index in [4.69, 9.17) is 4.74 Å². The molecule has 3 aromatic rings. The lowest BCUT2D eigenvalue weighted by Gasteiger charge is -2.34. The normalized spacial score (nSPS) is 22.8. The number of nitrogens with zero attached hydrogens (tertiary/aromatic N) is 6. The number of allylic oxidation sites excluding steroid dienone is 1. The van der Waals surface area contributed by atoms with Gasteiger partial charge >= 0.3 is 12.1 Å². The van der Waals surface area contributed by atoms with Crippen molar-refractivity contribution >= 4 is 40.2 Å². The van der Waals surface area contributed by atoms with Gasteiger partial charge in [-0.1, -0.05) is 51.2 Å². The number of anilines is 3. The number of carboxylic acids is 1. The molecular formula is C40H48F5N7O4S. The van der Waals surface area contributed by atoms with Crippen LogP contribution in [0.25, 0.3) is 0 Å². The van der Waals surface area contributed by atoms with Crippen molar-refractivity contribution < 1.29 is 41.4 Å². The third kappa shape index (κ3) is 8.87. The molecule has 2 aliphatic carbocycles. The van der Waals surface area contributed by atoms with Gasteiger partial charge in [0, 0.05) is 68.2 Å². The van der Waals surface area contributed by atoms with Crippen LogP contribution in [-0.2, 0) is 22.3 Å². The fourth-order valence-corrected chi connectivity index (χ4v) is 9.83. The van der Waals surface area contributed by atoms with E-state index in [-0.39, 0.29) is 22.6 Å². The zero-order valence-corrected chi connectivity index (χ0v) is 33.1. The standard InChI is InChI=1S/C40H48F5N7O4S/c1-4-24-16-23(2)17-25(18-24)19-30(34(54)55)47-33(53)28-21-46-36(48-32(28)38(3,41)42)52-22-39(12-6-5-7-13-39)29-20-27(8-9-31(29)52)56-26-10-14-51(15-11-26)37-49-35(50-57-37)40(43,44)45/h8-9,19-21,23-24,26,30H,4-7,10-18,22H2,1-3H3,(H,47,53)(H,54,55). The van der Waals surface area contributed by atoms with Gasteiger partial charge in [0.25, 0.3) is 11.8 Å². The molecule has 1 aromatic carbocycles. The molecule has 1 spiro atoms. The fraction of sp³-hybridized carbons (Fsp3) is 0.600. The number of carboxylic acid groups (broad SMARTS) is 1. The Bertz CT molecular complexity index is 1990. The summed E-state index contributed by atoms with van der Waals surface area (Å²) in [6.45, 7) is 6.22. The molecule has 4 heterocycles. The van der Waals surface area contributed by atoms with E-state index < -0.39 is 47.1 Å². The Morgan fingerprint density at radius 3 is 2.49 bits per heavy atom. The Balaban J connectivity index is 1.11. The van der Waals surface area contributed by atoms with E-state index in [0.29, 0.717) is 63.4 Å². The van der Waals surface area contributed by atoms with Gasteiger partial charge in [-0.25, -0.2) is 14.8 Å². The number of rotatable bonds is 10. The monoisotopic (exact) mass is 817 g/mol. The number of aliphatic carboxylic acids is 1. The predicted molar refractivity (Wildman–Crippen MR) is 204 cm³/mol. The molecule has 308 valence electrons. The van der Waals surface area contributed by atoms with Crippen LogP contribution in [0, 0.1) is 11.8 Å². The quantitative estimate of drug-likeness (QED) is 0.151. The maximum Gasteiger partial charge on any atom is 0.452 e. The SMILES string of the molecule is CCC1CC(=CC(NC(=O)c2cnc(N3CC4(CCCCC4)c4cc(OC5CCN(c6nc(C(F)(F)F)ns6)CC5)ccc43)nc2C(C)(F)F)C(=O)O)CC(C)C1. The van der Waals surface area contributed by atoms with Crippen molar-refractivity contribution in [2.75, 3.05) is 29.4 Å². The molecule has 3 atom stereocenters. The average Bonchev–Trinajstić information content (AvgIpc) is 3.79. The number of nitrogens with one attached hydrogen (secondary N) is 1. The number of amides is 1. The molecule has 2 saturated carbocycles. The van der Waals surface area contributed by atoms with Crippen molar-refractivity contribution in [3.63, 3.8) is 0 Å². The molecule has 7 rings (SSSR count). The first-order valence-electron chi connectivity index (χ1n) is 19.8. The fourth-order valence-electron chi connectivity index (χ4n) is 9.09. The molecule has 0 radical (unpaired) electrons. The number of halogens is 5. The summed E-state index contributed by atoms with van der Waals surface area (Å²) in [5.41, 5.74) is 1.09. The number of ether oxygens (including phenoxy) is 1. The molecule has 17 heteroatoms. The van der Waals surface area contributed by atoms with E-state index in [1.54, 1.807) is 11.0 Å². The molecule has 3 fully saturated rings. The van der Waals surface area contributed by atoms with Crippen molar-refractivity contribution in [3.8, 4) is 5.75 Å². The van der Waals surface area contributed by atoms with E-state index >= 15 is 8.78 Å². The molecule has 2 aliphatic heterocycles. The number of benzene rings is 1. The second-order valence-electron chi connectivity index (χ2n) is 16.3.